The molecule has 1 aromatic heterocycles. The molecule has 0 radical (unpaired) electrons. The topological polar surface area (TPSA) is 87.4 Å². The van der Waals surface area contributed by atoms with Crippen molar-refractivity contribution in [1.82, 2.24) is 15.6 Å². The molecule has 6 nitrogen and oxygen atoms in total. The molecule has 1 unspecified atom stereocenters. The maximum atomic E-state index is 11.8. The summed E-state index contributed by atoms with van der Waals surface area (Å²) in [6.45, 7) is 1.82. The summed E-state index contributed by atoms with van der Waals surface area (Å²) in [5, 5.41) is 15.3. The van der Waals surface area contributed by atoms with E-state index in [1.54, 1.807) is 31.2 Å². The Morgan fingerprint density at radius 1 is 1.43 bits per heavy atom. The first-order valence-corrected chi connectivity index (χ1v) is 6.77. The summed E-state index contributed by atoms with van der Waals surface area (Å²) < 4.78 is 5.04. The first kappa shape index (κ1) is 15.3. The van der Waals surface area contributed by atoms with E-state index < -0.39 is 12.1 Å². The molecule has 0 fully saturated rings. The number of urea groups is 1. The Kier molecular flexibility index (Phi) is 5.19. The van der Waals surface area contributed by atoms with E-state index in [2.05, 4.69) is 15.6 Å². The Bertz CT molecular complexity index is 598. The van der Waals surface area contributed by atoms with Crippen LogP contribution in [-0.2, 0) is 6.54 Å². The van der Waals surface area contributed by atoms with Gasteiger partial charge >= 0.3 is 6.03 Å². The molecule has 0 aliphatic rings. The van der Waals surface area contributed by atoms with Crippen molar-refractivity contribution < 1.29 is 14.3 Å². The highest BCUT2D eigenvalue weighted by Crippen LogP contribution is 2.16. The van der Waals surface area contributed by atoms with Gasteiger partial charge in [0.15, 0.2) is 6.39 Å². The highest BCUT2D eigenvalue weighted by Gasteiger charge is 2.14. The smallest absolute Gasteiger partial charge is 0.315 e. The lowest BCUT2D eigenvalue weighted by Gasteiger charge is -2.17. The molecule has 112 valence electrons. The predicted molar refractivity (Wildman–Crippen MR) is 77.9 cm³/mol. The van der Waals surface area contributed by atoms with Crippen molar-refractivity contribution in [3.05, 3.63) is 52.7 Å². The van der Waals surface area contributed by atoms with Crippen molar-refractivity contribution in [2.75, 3.05) is 6.61 Å². The highest BCUT2D eigenvalue weighted by molar-refractivity contribution is 6.30. The summed E-state index contributed by atoms with van der Waals surface area (Å²) in [5.74, 6) is 0.659. The third-order valence-electron chi connectivity index (χ3n) is 3.02. The van der Waals surface area contributed by atoms with E-state index in [9.17, 15) is 9.90 Å². The predicted octanol–water partition coefficient (Wildman–Crippen LogP) is 2.17. The molecule has 0 saturated heterocycles. The van der Waals surface area contributed by atoms with Gasteiger partial charge in [-0.2, -0.15) is 0 Å². The van der Waals surface area contributed by atoms with Crippen LogP contribution in [0.3, 0.4) is 0 Å². The summed E-state index contributed by atoms with van der Waals surface area (Å²) in [6.07, 6.45) is 1.33. The van der Waals surface area contributed by atoms with Gasteiger partial charge in [0.1, 0.15) is 11.5 Å². The molecule has 7 heteroatoms. The Hall–Kier alpha value is -2.05. The average Bonchev–Trinajstić information content (AvgIpc) is 2.89. The number of aliphatic hydroxyl groups is 1. The third-order valence-corrected chi connectivity index (χ3v) is 3.27. The second-order valence-corrected chi connectivity index (χ2v) is 4.91. The van der Waals surface area contributed by atoms with Crippen molar-refractivity contribution in [2.45, 2.75) is 19.5 Å². The molecule has 1 aromatic carbocycles. The second kappa shape index (κ2) is 7.10. The van der Waals surface area contributed by atoms with Gasteiger partial charge in [-0.25, -0.2) is 9.78 Å². The van der Waals surface area contributed by atoms with Gasteiger partial charge in [0.05, 0.1) is 19.2 Å². The van der Waals surface area contributed by atoms with E-state index in [1.165, 1.54) is 6.39 Å². The van der Waals surface area contributed by atoms with Gasteiger partial charge < -0.3 is 20.2 Å². The summed E-state index contributed by atoms with van der Waals surface area (Å²) in [7, 11) is 0. The van der Waals surface area contributed by atoms with Gasteiger partial charge in [-0.1, -0.05) is 23.7 Å². The molecule has 1 atom stereocenters. The number of hydrogen-bond donors (Lipinski definition) is 3. The van der Waals surface area contributed by atoms with Crippen LogP contribution in [0.5, 0.6) is 0 Å². The molecule has 0 aliphatic carbocycles. The molecule has 21 heavy (non-hydrogen) atoms. The number of hydrogen-bond acceptors (Lipinski definition) is 4. The first-order valence-electron chi connectivity index (χ1n) is 6.40. The van der Waals surface area contributed by atoms with Gasteiger partial charge in [0, 0.05) is 5.02 Å². The quantitative estimate of drug-likeness (QED) is 0.790. The van der Waals surface area contributed by atoms with Gasteiger partial charge in [-0.3, -0.25) is 0 Å². The molecule has 0 spiro atoms. The number of amides is 2. The Balaban J connectivity index is 1.90. The minimum Gasteiger partial charge on any atom is -0.448 e. The van der Waals surface area contributed by atoms with Gasteiger partial charge in [-0.05, 0) is 24.6 Å². The summed E-state index contributed by atoms with van der Waals surface area (Å²) in [5.41, 5.74) is 1.44. The van der Waals surface area contributed by atoms with Gasteiger partial charge in [0.2, 0.25) is 0 Å². The zero-order valence-corrected chi connectivity index (χ0v) is 12.2. The Labute approximate surface area is 127 Å². The lowest BCUT2D eigenvalue weighted by Crippen LogP contribution is -2.39. The van der Waals surface area contributed by atoms with Crippen LogP contribution in [0.4, 0.5) is 4.79 Å². The lowest BCUT2D eigenvalue weighted by atomic mass is 10.1. The maximum absolute atomic E-state index is 11.8. The number of carbonyl (C=O) groups is 1. The number of nitrogens with one attached hydrogen (secondary N) is 2. The lowest BCUT2D eigenvalue weighted by molar-refractivity contribution is 0.216. The minimum atomic E-state index is -0.499. The zero-order valence-electron chi connectivity index (χ0n) is 11.5. The van der Waals surface area contributed by atoms with Crippen molar-refractivity contribution in [3.8, 4) is 0 Å². The van der Waals surface area contributed by atoms with Crippen LogP contribution in [0.2, 0.25) is 5.02 Å². The van der Waals surface area contributed by atoms with Crippen molar-refractivity contribution in [3.63, 3.8) is 0 Å². The molecule has 2 aromatic rings. The number of rotatable bonds is 5. The SMILES string of the molecule is Cc1ocnc1CNC(=O)NC(CO)c1ccc(Cl)cc1. The number of carbonyl (C=O) groups excluding carboxylic acids is 1. The van der Waals surface area contributed by atoms with Crippen LogP contribution in [-0.4, -0.2) is 22.7 Å². The van der Waals surface area contributed by atoms with E-state index in [-0.39, 0.29) is 13.2 Å². The van der Waals surface area contributed by atoms with Gasteiger partial charge in [0.25, 0.3) is 0 Å². The fourth-order valence-corrected chi connectivity index (χ4v) is 1.93. The monoisotopic (exact) mass is 309 g/mol. The van der Waals surface area contributed by atoms with Crippen LogP contribution in [0.1, 0.15) is 23.1 Å². The first-order chi connectivity index (χ1) is 10.1. The number of benzene rings is 1. The molecular weight excluding hydrogens is 294 g/mol. The highest BCUT2D eigenvalue weighted by atomic mass is 35.5. The Morgan fingerprint density at radius 3 is 2.71 bits per heavy atom. The normalized spacial score (nSPS) is 12.0. The van der Waals surface area contributed by atoms with Crippen LogP contribution in [0.25, 0.3) is 0 Å². The zero-order chi connectivity index (χ0) is 15.2. The molecule has 2 rings (SSSR count). The Morgan fingerprint density at radius 2 is 2.14 bits per heavy atom. The summed E-state index contributed by atoms with van der Waals surface area (Å²) in [4.78, 5) is 15.8. The van der Waals surface area contributed by atoms with Crippen molar-refractivity contribution in [1.29, 1.82) is 0 Å². The minimum absolute atomic E-state index is 0.210. The van der Waals surface area contributed by atoms with Crippen LogP contribution >= 0.6 is 11.6 Å². The van der Waals surface area contributed by atoms with Crippen LogP contribution in [0.15, 0.2) is 35.1 Å². The molecule has 0 aliphatic heterocycles. The number of halogens is 1. The largest absolute Gasteiger partial charge is 0.448 e. The average molecular weight is 310 g/mol. The third kappa shape index (κ3) is 4.21. The molecule has 3 N–H and O–H groups in total. The molecule has 0 bridgehead atoms. The van der Waals surface area contributed by atoms with E-state index in [0.717, 1.165) is 5.56 Å². The maximum Gasteiger partial charge on any atom is 0.315 e. The number of aryl methyl sites for hydroxylation is 1. The van der Waals surface area contributed by atoms with E-state index in [4.69, 9.17) is 16.0 Å². The molecular formula is C14H16ClN3O3. The van der Waals surface area contributed by atoms with Crippen LogP contribution in [0, 0.1) is 6.92 Å². The number of aromatic nitrogens is 1. The molecule has 2 amide bonds. The fourth-order valence-electron chi connectivity index (χ4n) is 1.80. The van der Waals surface area contributed by atoms with Crippen molar-refractivity contribution >= 4 is 17.6 Å². The van der Waals surface area contributed by atoms with E-state index >= 15 is 0 Å². The van der Waals surface area contributed by atoms with E-state index in [0.29, 0.717) is 16.5 Å². The number of nitrogens with zero attached hydrogens (tertiary/aromatic N) is 1. The van der Waals surface area contributed by atoms with Crippen LogP contribution < -0.4 is 10.6 Å². The molecule has 1 heterocycles. The second-order valence-electron chi connectivity index (χ2n) is 4.47. The number of oxazole rings is 1. The number of aliphatic hydroxyl groups excluding tert-OH is 1. The van der Waals surface area contributed by atoms with Crippen molar-refractivity contribution in [2.24, 2.45) is 0 Å². The van der Waals surface area contributed by atoms with E-state index in [1.807, 2.05) is 0 Å². The molecule has 0 saturated carbocycles. The summed E-state index contributed by atoms with van der Waals surface area (Å²) in [6, 6.07) is 6.03. The van der Waals surface area contributed by atoms with Gasteiger partial charge in [-0.15, -0.1) is 0 Å². The fraction of sp³-hybridized carbons (Fsp3) is 0.286. The standard InChI is InChI=1S/C14H16ClN3O3/c1-9-12(17-8-21-9)6-16-14(20)18-13(7-19)10-2-4-11(15)5-3-10/h2-5,8,13,19H,6-7H2,1H3,(H2,16,18,20). The summed E-state index contributed by atoms with van der Waals surface area (Å²) >= 11 is 5.81.